The quantitative estimate of drug-likeness (QED) is 0.561. The van der Waals surface area contributed by atoms with Gasteiger partial charge in [-0.05, 0) is 6.42 Å². The van der Waals surface area contributed by atoms with Crippen LogP contribution in [-0.2, 0) is 14.4 Å². The molecule has 0 aromatic rings. The van der Waals surface area contributed by atoms with Crippen molar-refractivity contribution in [3.05, 3.63) is 0 Å². The van der Waals surface area contributed by atoms with Crippen molar-refractivity contribution in [2.24, 2.45) is 0 Å². The molecule has 3 N–H and O–H groups in total. The number of hydrogen-bond acceptors (Lipinski definition) is 4. The van der Waals surface area contributed by atoms with E-state index in [2.05, 4.69) is 16.4 Å². The highest BCUT2D eigenvalue weighted by molar-refractivity contribution is 5.81. The van der Waals surface area contributed by atoms with E-state index in [-0.39, 0.29) is 24.7 Å². The first kappa shape index (κ1) is 14.4. The normalized spacial score (nSPS) is 9.44. The van der Waals surface area contributed by atoms with Crippen molar-refractivity contribution in [3.63, 3.8) is 0 Å². The number of nitrogens with zero attached hydrogens (tertiary/aromatic N) is 1. The molecule has 0 unspecified atom stereocenters. The first-order valence-corrected chi connectivity index (χ1v) is 5.15. The summed E-state index contributed by atoms with van der Waals surface area (Å²) in [7, 11) is 0. The fourth-order valence-corrected chi connectivity index (χ4v) is 0.842. The highest BCUT2D eigenvalue weighted by Gasteiger charge is 2.13. The predicted octanol–water partition coefficient (Wildman–Crippen LogP) is -0.388. The minimum absolute atomic E-state index is 0.273. The molecule has 16 heavy (non-hydrogen) atoms. The SMILES string of the molecule is CCCC(=O)N(NNC(=O)CC)NC(C)=O. The van der Waals surface area contributed by atoms with Gasteiger partial charge < -0.3 is 0 Å². The van der Waals surface area contributed by atoms with Crippen LogP contribution in [0.2, 0.25) is 0 Å². The summed E-state index contributed by atoms with van der Waals surface area (Å²) < 4.78 is 0. The van der Waals surface area contributed by atoms with Crippen molar-refractivity contribution in [3.8, 4) is 0 Å². The van der Waals surface area contributed by atoms with Crippen molar-refractivity contribution in [2.75, 3.05) is 0 Å². The highest BCUT2D eigenvalue weighted by Crippen LogP contribution is 1.91. The lowest BCUT2D eigenvalue weighted by molar-refractivity contribution is -0.147. The van der Waals surface area contributed by atoms with Gasteiger partial charge in [-0.3, -0.25) is 19.8 Å². The first-order chi connectivity index (χ1) is 7.51. The van der Waals surface area contributed by atoms with Crippen LogP contribution in [0.1, 0.15) is 40.0 Å². The van der Waals surface area contributed by atoms with Crippen LogP contribution < -0.4 is 16.4 Å². The fourth-order valence-electron chi connectivity index (χ4n) is 0.842. The Hall–Kier alpha value is -1.63. The highest BCUT2D eigenvalue weighted by atomic mass is 16.2. The van der Waals surface area contributed by atoms with Crippen LogP contribution in [0.25, 0.3) is 0 Å². The predicted molar refractivity (Wildman–Crippen MR) is 57.1 cm³/mol. The van der Waals surface area contributed by atoms with Gasteiger partial charge in [-0.15, -0.1) is 5.53 Å². The third-order valence-corrected chi connectivity index (χ3v) is 1.61. The molecule has 0 fully saturated rings. The number of amides is 3. The Morgan fingerprint density at radius 2 is 1.81 bits per heavy atom. The average Bonchev–Trinajstić information content (AvgIpc) is 2.23. The molecular formula is C9H18N4O3. The molecule has 7 heteroatoms. The molecule has 0 aliphatic heterocycles. The van der Waals surface area contributed by atoms with Gasteiger partial charge in [-0.1, -0.05) is 13.8 Å². The van der Waals surface area contributed by atoms with Crippen molar-refractivity contribution in [2.45, 2.75) is 40.0 Å². The van der Waals surface area contributed by atoms with Crippen LogP contribution in [0.5, 0.6) is 0 Å². The molecule has 0 aliphatic carbocycles. The first-order valence-electron chi connectivity index (χ1n) is 5.15. The molecule has 0 atom stereocenters. The van der Waals surface area contributed by atoms with Crippen LogP contribution in [-0.4, -0.2) is 22.8 Å². The second-order valence-electron chi connectivity index (χ2n) is 3.16. The Morgan fingerprint density at radius 3 is 2.25 bits per heavy atom. The van der Waals surface area contributed by atoms with Gasteiger partial charge in [0.15, 0.2) is 0 Å². The fraction of sp³-hybridized carbons (Fsp3) is 0.667. The summed E-state index contributed by atoms with van der Waals surface area (Å²) in [6.07, 6.45) is 1.20. The van der Waals surface area contributed by atoms with E-state index in [9.17, 15) is 14.4 Å². The summed E-state index contributed by atoms with van der Waals surface area (Å²) in [6, 6.07) is 0. The Labute approximate surface area is 94.5 Å². The summed E-state index contributed by atoms with van der Waals surface area (Å²) >= 11 is 0. The third-order valence-electron chi connectivity index (χ3n) is 1.61. The molecule has 0 aromatic heterocycles. The molecule has 0 saturated heterocycles. The summed E-state index contributed by atoms with van der Waals surface area (Å²) in [5, 5.41) is 0.874. The molecule has 0 rings (SSSR count). The van der Waals surface area contributed by atoms with E-state index in [1.807, 2.05) is 6.92 Å². The zero-order valence-corrected chi connectivity index (χ0v) is 9.79. The summed E-state index contributed by atoms with van der Waals surface area (Å²) in [5.41, 5.74) is 6.88. The van der Waals surface area contributed by atoms with Crippen molar-refractivity contribution in [1.29, 1.82) is 0 Å². The Balaban J connectivity index is 4.25. The molecular weight excluding hydrogens is 212 g/mol. The van der Waals surface area contributed by atoms with Gasteiger partial charge in [0.1, 0.15) is 0 Å². The average molecular weight is 230 g/mol. The molecule has 7 nitrogen and oxygen atoms in total. The van der Waals surface area contributed by atoms with Crippen LogP contribution in [0.3, 0.4) is 0 Å². The topological polar surface area (TPSA) is 90.5 Å². The lowest BCUT2D eigenvalue weighted by Gasteiger charge is -2.22. The van der Waals surface area contributed by atoms with Gasteiger partial charge in [-0.2, -0.15) is 5.12 Å². The van der Waals surface area contributed by atoms with Gasteiger partial charge in [0.2, 0.25) is 11.8 Å². The van der Waals surface area contributed by atoms with Gasteiger partial charge in [0.05, 0.1) is 0 Å². The molecule has 3 amide bonds. The molecule has 0 spiro atoms. The smallest absolute Gasteiger partial charge is 0.257 e. The number of rotatable bonds is 5. The summed E-state index contributed by atoms with van der Waals surface area (Å²) in [4.78, 5) is 33.3. The summed E-state index contributed by atoms with van der Waals surface area (Å²) in [5.74, 6) is -1.00. The summed E-state index contributed by atoms with van der Waals surface area (Å²) in [6.45, 7) is 4.79. The standard InChI is InChI=1S/C9H18N4O3/c1-4-6-9(16)13(11-7(3)14)12-10-8(15)5-2/h12H,4-6H2,1-3H3,(H,10,15)(H,11,14). The van der Waals surface area contributed by atoms with E-state index in [0.717, 1.165) is 5.12 Å². The number of hydrogen-bond donors (Lipinski definition) is 3. The molecule has 0 aromatic carbocycles. The van der Waals surface area contributed by atoms with Gasteiger partial charge in [0.25, 0.3) is 5.91 Å². The van der Waals surface area contributed by atoms with Crippen LogP contribution >= 0.6 is 0 Å². The maximum Gasteiger partial charge on any atom is 0.257 e. The molecule has 0 heterocycles. The number of carbonyl (C=O) groups is 3. The van der Waals surface area contributed by atoms with Crippen molar-refractivity contribution >= 4 is 17.7 Å². The second-order valence-corrected chi connectivity index (χ2v) is 3.16. The van der Waals surface area contributed by atoms with Crippen molar-refractivity contribution in [1.82, 2.24) is 21.5 Å². The molecule has 0 aliphatic rings. The number of carbonyl (C=O) groups excluding carboxylic acids is 3. The Bertz CT molecular complexity index is 267. The van der Waals surface area contributed by atoms with E-state index in [4.69, 9.17) is 0 Å². The zero-order valence-electron chi connectivity index (χ0n) is 9.79. The Morgan fingerprint density at radius 1 is 1.19 bits per heavy atom. The molecule has 0 radical (unpaired) electrons. The molecule has 92 valence electrons. The third kappa shape index (κ3) is 5.97. The van der Waals surface area contributed by atoms with Crippen LogP contribution in [0.15, 0.2) is 0 Å². The monoisotopic (exact) mass is 230 g/mol. The lowest BCUT2D eigenvalue weighted by atomic mass is 10.3. The second kappa shape index (κ2) is 7.63. The van der Waals surface area contributed by atoms with Gasteiger partial charge in [0, 0.05) is 19.8 Å². The van der Waals surface area contributed by atoms with Crippen molar-refractivity contribution < 1.29 is 14.4 Å². The minimum atomic E-state index is -0.400. The van der Waals surface area contributed by atoms with E-state index in [0.29, 0.717) is 6.42 Å². The number of nitrogens with one attached hydrogen (secondary N) is 3. The van der Waals surface area contributed by atoms with E-state index in [1.165, 1.54) is 6.92 Å². The van der Waals surface area contributed by atoms with Gasteiger partial charge in [-0.25, -0.2) is 5.43 Å². The van der Waals surface area contributed by atoms with E-state index < -0.39 is 5.91 Å². The van der Waals surface area contributed by atoms with E-state index >= 15 is 0 Å². The van der Waals surface area contributed by atoms with Crippen LogP contribution in [0, 0.1) is 0 Å². The molecule has 0 saturated carbocycles. The largest absolute Gasteiger partial charge is 0.274 e. The lowest BCUT2D eigenvalue weighted by Crippen LogP contribution is -2.59. The van der Waals surface area contributed by atoms with Crippen LogP contribution in [0.4, 0.5) is 0 Å². The molecule has 0 bridgehead atoms. The minimum Gasteiger partial charge on any atom is -0.274 e. The van der Waals surface area contributed by atoms with Gasteiger partial charge >= 0.3 is 0 Å². The van der Waals surface area contributed by atoms with E-state index in [1.54, 1.807) is 6.92 Å². The zero-order chi connectivity index (χ0) is 12.6. The maximum atomic E-state index is 11.5. The maximum absolute atomic E-state index is 11.5. The Kier molecular flexibility index (Phi) is 6.86. The number of hydrazine groups is 3.